The van der Waals surface area contributed by atoms with Crippen molar-refractivity contribution < 1.29 is 9.90 Å². The molecule has 0 saturated carbocycles. The molecule has 1 aromatic rings. The monoisotopic (exact) mass is 285 g/mol. The molecule has 2 heterocycles. The van der Waals surface area contributed by atoms with Crippen molar-refractivity contribution in [3.63, 3.8) is 0 Å². The molecule has 0 unspecified atom stereocenters. The fraction of sp³-hybridized carbons (Fsp3) is 0.615. The van der Waals surface area contributed by atoms with Gasteiger partial charge < -0.3 is 10.4 Å². The Morgan fingerprint density at radius 3 is 2.83 bits per heavy atom. The summed E-state index contributed by atoms with van der Waals surface area (Å²) in [6.07, 6.45) is 2.61. The minimum atomic E-state index is -0.821. The second-order valence-corrected chi connectivity index (χ2v) is 7.16. The van der Waals surface area contributed by atoms with E-state index in [4.69, 9.17) is 5.11 Å². The molecule has 18 heavy (non-hydrogen) atoms. The van der Waals surface area contributed by atoms with Gasteiger partial charge in [-0.15, -0.1) is 11.3 Å². The van der Waals surface area contributed by atoms with Gasteiger partial charge in [0.1, 0.15) is 4.88 Å². The van der Waals surface area contributed by atoms with Crippen LogP contribution in [0.1, 0.15) is 33.0 Å². The predicted octanol–water partition coefficient (Wildman–Crippen LogP) is 2.99. The molecule has 1 saturated heterocycles. The van der Waals surface area contributed by atoms with E-state index in [1.54, 1.807) is 6.07 Å². The summed E-state index contributed by atoms with van der Waals surface area (Å²) >= 11 is 3.41. The van der Waals surface area contributed by atoms with E-state index in [1.807, 2.05) is 18.7 Å². The lowest BCUT2D eigenvalue weighted by Gasteiger charge is -2.21. The molecule has 2 rings (SSSR count). The van der Waals surface area contributed by atoms with Gasteiger partial charge in [-0.2, -0.15) is 11.8 Å². The highest BCUT2D eigenvalue weighted by atomic mass is 32.2. The first kappa shape index (κ1) is 13.9. The molecule has 1 aliphatic heterocycles. The summed E-state index contributed by atoms with van der Waals surface area (Å²) in [4.78, 5) is 12.4. The average molecular weight is 285 g/mol. The van der Waals surface area contributed by atoms with Crippen molar-refractivity contribution in [1.82, 2.24) is 5.32 Å². The maximum atomic E-state index is 10.9. The Morgan fingerprint density at radius 1 is 1.50 bits per heavy atom. The van der Waals surface area contributed by atoms with Gasteiger partial charge in [-0.25, -0.2) is 4.79 Å². The molecule has 3 nitrogen and oxygen atoms in total. The van der Waals surface area contributed by atoms with Crippen molar-refractivity contribution in [3.05, 3.63) is 21.4 Å². The molecule has 2 N–H and O–H groups in total. The summed E-state index contributed by atoms with van der Waals surface area (Å²) in [5.41, 5.74) is 1.13. The number of nitrogens with one attached hydrogen (secondary N) is 1. The molecular weight excluding hydrogens is 266 g/mol. The van der Waals surface area contributed by atoms with Crippen LogP contribution in [0, 0.1) is 12.8 Å². The second-order valence-electron chi connectivity index (χ2n) is 4.68. The van der Waals surface area contributed by atoms with Crippen LogP contribution in [0.15, 0.2) is 6.07 Å². The molecule has 0 aliphatic carbocycles. The molecular formula is C13H19NO2S2. The van der Waals surface area contributed by atoms with Crippen molar-refractivity contribution in [3.8, 4) is 0 Å². The topological polar surface area (TPSA) is 49.3 Å². The fourth-order valence-electron chi connectivity index (χ4n) is 2.16. The summed E-state index contributed by atoms with van der Waals surface area (Å²) in [5, 5.41) is 12.4. The Labute approximate surface area is 116 Å². The average Bonchev–Trinajstić information content (AvgIpc) is 2.73. The molecule has 1 aliphatic rings. The highest BCUT2D eigenvalue weighted by molar-refractivity contribution is 7.99. The highest BCUT2D eigenvalue weighted by Gasteiger charge is 2.14. The zero-order valence-electron chi connectivity index (χ0n) is 10.6. The van der Waals surface area contributed by atoms with Gasteiger partial charge in [0.25, 0.3) is 0 Å². The van der Waals surface area contributed by atoms with Crippen LogP contribution in [0.3, 0.4) is 0 Å². The van der Waals surface area contributed by atoms with Gasteiger partial charge in [0.05, 0.1) is 0 Å². The van der Waals surface area contributed by atoms with Crippen LogP contribution < -0.4 is 5.32 Å². The van der Waals surface area contributed by atoms with Gasteiger partial charge in [-0.3, -0.25) is 0 Å². The SMILES string of the molecule is Cc1sc(C(=O)O)cc1CNCC1CCSCC1. The zero-order valence-corrected chi connectivity index (χ0v) is 12.2. The highest BCUT2D eigenvalue weighted by Crippen LogP contribution is 2.23. The fourth-order valence-corrected chi connectivity index (χ4v) is 4.25. The first-order valence-electron chi connectivity index (χ1n) is 6.28. The van der Waals surface area contributed by atoms with Crippen molar-refractivity contribution >= 4 is 29.1 Å². The molecule has 0 radical (unpaired) electrons. The summed E-state index contributed by atoms with van der Waals surface area (Å²) in [6, 6.07) is 1.80. The lowest BCUT2D eigenvalue weighted by molar-refractivity contribution is 0.0702. The van der Waals surface area contributed by atoms with Gasteiger partial charge in [-0.1, -0.05) is 0 Å². The third kappa shape index (κ3) is 3.73. The standard InChI is InChI=1S/C13H19NO2S2/c1-9-11(6-12(18-9)13(15)16)8-14-7-10-2-4-17-5-3-10/h6,10,14H,2-5,7-8H2,1H3,(H,15,16). The molecule has 5 heteroatoms. The molecule has 1 fully saturated rings. The number of aromatic carboxylic acids is 1. The van der Waals surface area contributed by atoms with E-state index in [9.17, 15) is 4.79 Å². The van der Waals surface area contributed by atoms with Crippen LogP contribution in [-0.2, 0) is 6.54 Å². The van der Waals surface area contributed by atoms with E-state index in [0.29, 0.717) is 4.88 Å². The number of rotatable bonds is 5. The largest absolute Gasteiger partial charge is 0.477 e. The second kappa shape index (κ2) is 6.59. The van der Waals surface area contributed by atoms with Crippen LogP contribution in [0.5, 0.6) is 0 Å². The van der Waals surface area contributed by atoms with Crippen molar-refractivity contribution in [2.24, 2.45) is 5.92 Å². The molecule has 0 aromatic carbocycles. The Balaban J connectivity index is 1.80. The predicted molar refractivity (Wildman–Crippen MR) is 77.8 cm³/mol. The van der Waals surface area contributed by atoms with Crippen LogP contribution >= 0.6 is 23.1 Å². The minimum absolute atomic E-state index is 0.443. The lowest BCUT2D eigenvalue weighted by atomic mass is 10.0. The lowest BCUT2D eigenvalue weighted by Crippen LogP contribution is -2.25. The number of carboxylic acids is 1. The van der Waals surface area contributed by atoms with E-state index >= 15 is 0 Å². The maximum Gasteiger partial charge on any atom is 0.345 e. The molecule has 1 aromatic heterocycles. The Hall–Kier alpha value is -0.520. The summed E-state index contributed by atoms with van der Waals surface area (Å²) < 4.78 is 0. The van der Waals surface area contributed by atoms with Crippen LogP contribution in [-0.4, -0.2) is 29.1 Å². The molecule has 100 valence electrons. The van der Waals surface area contributed by atoms with Gasteiger partial charge in [0, 0.05) is 11.4 Å². The van der Waals surface area contributed by atoms with Crippen LogP contribution in [0.25, 0.3) is 0 Å². The van der Waals surface area contributed by atoms with Crippen molar-refractivity contribution in [2.75, 3.05) is 18.1 Å². The molecule has 0 amide bonds. The Morgan fingerprint density at radius 2 is 2.22 bits per heavy atom. The maximum absolute atomic E-state index is 10.9. The van der Waals surface area contributed by atoms with Gasteiger partial charge in [0.15, 0.2) is 0 Å². The van der Waals surface area contributed by atoms with E-state index in [0.717, 1.165) is 29.4 Å². The summed E-state index contributed by atoms with van der Waals surface area (Å²) in [5.74, 6) is 2.54. The number of hydrogen-bond acceptors (Lipinski definition) is 4. The molecule has 0 bridgehead atoms. The number of aryl methyl sites for hydroxylation is 1. The third-order valence-electron chi connectivity index (χ3n) is 3.32. The van der Waals surface area contributed by atoms with Crippen molar-refractivity contribution in [2.45, 2.75) is 26.3 Å². The first-order valence-corrected chi connectivity index (χ1v) is 8.25. The number of hydrogen-bond donors (Lipinski definition) is 2. The van der Waals surface area contributed by atoms with Crippen LogP contribution in [0.4, 0.5) is 0 Å². The van der Waals surface area contributed by atoms with Gasteiger partial charge in [-0.05, 0) is 55.4 Å². The Kier molecular flexibility index (Phi) is 5.09. The van der Waals surface area contributed by atoms with E-state index < -0.39 is 5.97 Å². The minimum Gasteiger partial charge on any atom is -0.477 e. The summed E-state index contributed by atoms with van der Waals surface area (Å²) in [7, 11) is 0. The zero-order chi connectivity index (χ0) is 13.0. The number of carboxylic acid groups (broad SMARTS) is 1. The van der Waals surface area contributed by atoms with Gasteiger partial charge in [0.2, 0.25) is 0 Å². The number of thiophene rings is 1. The van der Waals surface area contributed by atoms with E-state index in [2.05, 4.69) is 5.32 Å². The van der Waals surface area contributed by atoms with Crippen LogP contribution in [0.2, 0.25) is 0 Å². The number of carbonyl (C=O) groups is 1. The summed E-state index contributed by atoms with van der Waals surface area (Å²) in [6.45, 7) is 3.84. The van der Waals surface area contributed by atoms with E-state index in [1.165, 1.54) is 35.7 Å². The number of thioether (sulfide) groups is 1. The third-order valence-corrected chi connectivity index (χ3v) is 5.45. The smallest absolute Gasteiger partial charge is 0.345 e. The molecule has 0 atom stereocenters. The normalized spacial score (nSPS) is 16.9. The molecule has 0 spiro atoms. The quantitative estimate of drug-likeness (QED) is 0.873. The van der Waals surface area contributed by atoms with Crippen molar-refractivity contribution in [1.29, 1.82) is 0 Å². The first-order chi connectivity index (χ1) is 8.66. The van der Waals surface area contributed by atoms with E-state index in [-0.39, 0.29) is 0 Å². The van der Waals surface area contributed by atoms with Gasteiger partial charge >= 0.3 is 5.97 Å². The Bertz CT molecular complexity index is 411.